The molecule has 0 amide bonds. The fourth-order valence-electron chi connectivity index (χ4n) is 14.9. The molecule has 2 nitrogen and oxygen atoms in total. The topological polar surface area (TPSA) is 6.48 Å². The van der Waals surface area contributed by atoms with Crippen LogP contribution in [0.4, 0.5) is 34.1 Å². The predicted octanol–water partition coefficient (Wildman–Crippen LogP) is 28.1. The molecule has 2 heteroatoms. The average Bonchev–Trinajstić information content (AvgIpc) is 1.51. The molecule has 13 rings (SSSR count). The summed E-state index contributed by atoms with van der Waals surface area (Å²) in [5.41, 5.74) is 21.9. The molecule has 0 unspecified atom stereocenters. The van der Waals surface area contributed by atoms with Crippen LogP contribution >= 0.6 is 0 Å². The highest BCUT2D eigenvalue weighted by molar-refractivity contribution is 6.47. The van der Waals surface area contributed by atoms with Crippen molar-refractivity contribution in [2.75, 3.05) is 9.80 Å². The minimum Gasteiger partial charge on any atom is -0.310 e. The van der Waals surface area contributed by atoms with Gasteiger partial charge in [-0.2, -0.15) is 0 Å². The lowest BCUT2D eigenvalue weighted by Gasteiger charge is -2.34. The van der Waals surface area contributed by atoms with Gasteiger partial charge in [0.15, 0.2) is 0 Å². The van der Waals surface area contributed by atoms with Crippen molar-refractivity contribution < 1.29 is 0 Å². The summed E-state index contributed by atoms with van der Waals surface area (Å²) in [7, 11) is 0. The summed E-state index contributed by atoms with van der Waals surface area (Å²) >= 11 is 0. The Balaban J connectivity index is 1.19. The van der Waals surface area contributed by atoms with Gasteiger partial charge >= 0.3 is 0 Å². The molecule has 0 N–H and O–H groups in total. The Morgan fingerprint density at radius 1 is 0.188 bits per heavy atom. The van der Waals surface area contributed by atoms with Gasteiger partial charge in [-0.3, -0.25) is 0 Å². The third-order valence-corrected chi connectivity index (χ3v) is 20.9. The van der Waals surface area contributed by atoms with E-state index in [2.05, 4.69) is 370 Å². The van der Waals surface area contributed by atoms with E-state index in [1.807, 2.05) is 0 Å². The Hall–Kier alpha value is -8.46. The van der Waals surface area contributed by atoms with Crippen molar-refractivity contribution in [3.05, 3.63) is 239 Å². The normalized spacial score (nSPS) is 13.4. The third kappa shape index (κ3) is 11.6. The first-order valence-electron chi connectivity index (χ1n) is 35.4. The second kappa shape index (κ2) is 22.6. The molecule has 0 atom stereocenters. The third-order valence-electron chi connectivity index (χ3n) is 20.9. The fraction of sp³-hybridized carbons (Fsp3) is 0.340. The number of nitrogens with zero attached hydrogens (tertiary/aromatic N) is 2. The van der Waals surface area contributed by atoms with Gasteiger partial charge in [0.05, 0.1) is 11.4 Å². The molecule has 96 heavy (non-hydrogen) atoms. The van der Waals surface area contributed by atoms with Crippen LogP contribution in [0.25, 0.3) is 86.9 Å². The van der Waals surface area contributed by atoms with Gasteiger partial charge in [0, 0.05) is 33.5 Å². The molecule has 0 spiro atoms. The first-order chi connectivity index (χ1) is 44.7. The molecule has 0 aliphatic heterocycles. The van der Waals surface area contributed by atoms with Crippen molar-refractivity contribution >= 4 is 98.8 Å². The maximum atomic E-state index is 2.63. The summed E-state index contributed by atoms with van der Waals surface area (Å²) in [4.78, 5) is 5.25. The SMILES string of the molecule is CC(C)(C)c1cc(N(c2cc(C(C)(C)C)cc(C(C)(C)C)c2)c2ccc3c4c(-c5ccccc5)c5c6cccc7c(N(c8cc(C(C)(C)C)cc(C(C)(C)C)c8)c8cc(C(C)(C)C)cc(C(C)(C)C)c8)ccc(c5c(-c5ccccc5)c4c4cccc2c43)c76)cc(C(C)(C)C)c1. The zero-order valence-corrected chi connectivity index (χ0v) is 62.4. The van der Waals surface area contributed by atoms with E-state index in [-0.39, 0.29) is 43.3 Å². The van der Waals surface area contributed by atoms with E-state index in [4.69, 9.17) is 0 Å². The lowest BCUT2D eigenvalue weighted by Crippen LogP contribution is -2.21. The highest BCUT2D eigenvalue weighted by Gasteiger charge is 2.34. The predicted molar refractivity (Wildman–Crippen MR) is 424 cm³/mol. The molecule has 0 fully saturated rings. The van der Waals surface area contributed by atoms with Crippen LogP contribution in [0, 0.1) is 0 Å². The molecule has 0 radical (unpaired) electrons. The van der Waals surface area contributed by atoms with Gasteiger partial charge in [-0.25, -0.2) is 0 Å². The van der Waals surface area contributed by atoms with E-state index >= 15 is 0 Å². The number of benzene rings is 11. The number of anilines is 6. The zero-order chi connectivity index (χ0) is 69.1. The standard InChI is InChI=1S/C94H104N2/c1-87(2,3)59-45-60(88(4,5)6)50-67(49-59)95(68-51-61(89(7,8)9)46-62(52-68)90(10,11)12)77-43-41-75-81-71(77)37-31-39-73(81)83-79(57-33-27-25-28-34-57)86-76-42-44-78(72-38-32-40-74(82(72)76)84(86)80(85(75)83)58-35-29-26-30-36-58)96(69-53-63(91(13,14)15)47-64(54-69)92(16,17)18)70-55-65(93(19,20)21)48-66(56-70)94(22,23)24/h25-56H,1-24H3. The highest BCUT2D eigenvalue weighted by atomic mass is 15.2. The van der Waals surface area contributed by atoms with Gasteiger partial charge in [0.25, 0.3) is 0 Å². The average molecular weight is 1260 g/mol. The summed E-state index contributed by atoms with van der Waals surface area (Å²) in [6.07, 6.45) is 0. The number of hydrogen-bond acceptors (Lipinski definition) is 2. The molecule has 13 aromatic rings. The summed E-state index contributed by atoms with van der Waals surface area (Å²) in [5, 5.41) is 15.3. The first-order valence-corrected chi connectivity index (χ1v) is 35.4. The minimum absolute atomic E-state index is 0.0937. The second-order valence-electron chi connectivity index (χ2n) is 36.4. The van der Waals surface area contributed by atoms with Gasteiger partial charge in [-0.05, 0) is 225 Å². The summed E-state index contributed by atoms with van der Waals surface area (Å²) in [5.74, 6) is 0. The van der Waals surface area contributed by atoms with Crippen LogP contribution in [-0.2, 0) is 43.3 Å². The van der Waals surface area contributed by atoms with Gasteiger partial charge in [0.1, 0.15) is 0 Å². The zero-order valence-electron chi connectivity index (χ0n) is 62.4. The Labute approximate surface area is 575 Å². The van der Waals surface area contributed by atoms with Crippen molar-refractivity contribution in [3.63, 3.8) is 0 Å². The van der Waals surface area contributed by atoms with Crippen LogP contribution in [-0.4, -0.2) is 0 Å². The Morgan fingerprint density at radius 2 is 0.396 bits per heavy atom. The van der Waals surface area contributed by atoms with E-state index in [0.717, 1.165) is 0 Å². The molecular formula is C94H104N2. The van der Waals surface area contributed by atoms with E-state index in [0.29, 0.717) is 0 Å². The van der Waals surface area contributed by atoms with Gasteiger partial charge in [-0.1, -0.05) is 300 Å². The van der Waals surface area contributed by atoms with Crippen molar-refractivity contribution in [1.29, 1.82) is 0 Å². The summed E-state index contributed by atoms with van der Waals surface area (Å²) in [6, 6.07) is 76.8. The summed E-state index contributed by atoms with van der Waals surface area (Å²) < 4.78 is 0. The molecule has 0 saturated heterocycles. The van der Waals surface area contributed by atoms with Crippen LogP contribution in [0.3, 0.4) is 0 Å². The molecule has 0 bridgehead atoms. The minimum atomic E-state index is -0.0937. The van der Waals surface area contributed by atoms with Crippen molar-refractivity contribution in [3.8, 4) is 22.3 Å². The molecule has 490 valence electrons. The van der Waals surface area contributed by atoms with Crippen LogP contribution in [0.1, 0.15) is 211 Å². The monoisotopic (exact) mass is 1260 g/mol. The lowest BCUT2D eigenvalue weighted by molar-refractivity contribution is 0.567. The van der Waals surface area contributed by atoms with Gasteiger partial charge in [0.2, 0.25) is 0 Å². The molecule has 0 aliphatic rings. The molecule has 0 aromatic heterocycles. The number of rotatable bonds is 8. The van der Waals surface area contributed by atoms with Crippen molar-refractivity contribution in [1.82, 2.24) is 0 Å². The van der Waals surface area contributed by atoms with E-state index < -0.39 is 0 Å². The Morgan fingerprint density at radius 3 is 0.615 bits per heavy atom. The van der Waals surface area contributed by atoms with Crippen molar-refractivity contribution in [2.45, 2.75) is 209 Å². The first kappa shape index (κ1) is 66.2. The van der Waals surface area contributed by atoms with Crippen LogP contribution in [0.5, 0.6) is 0 Å². The highest BCUT2D eigenvalue weighted by Crippen LogP contribution is 2.59. The van der Waals surface area contributed by atoms with Gasteiger partial charge in [-0.15, -0.1) is 0 Å². The van der Waals surface area contributed by atoms with E-state index in [1.54, 1.807) is 0 Å². The lowest BCUT2D eigenvalue weighted by atomic mass is 9.79. The quantitative estimate of drug-likeness (QED) is 0.150. The Kier molecular flexibility index (Phi) is 15.5. The van der Waals surface area contributed by atoms with Crippen molar-refractivity contribution in [2.24, 2.45) is 0 Å². The van der Waals surface area contributed by atoms with E-state index in [9.17, 15) is 0 Å². The maximum Gasteiger partial charge on any atom is 0.0540 e. The van der Waals surface area contributed by atoms with Crippen LogP contribution in [0.15, 0.2) is 194 Å². The molecule has 0 heterocycles. The van der Waals surface area contributed by atoms with Gasteiger partial charge < -0.3 is 9.80 Å². The van der Waals surface area contributed by atoms with Crippen LogP contribution < -0.4 is 9.80 Å². The van der Waals surface area contributed by atoms with E-state index in [1.165, 1.54) is 166 Å². The molecular weight excluding hydrogens is 1160 g/mol. The smallest absolute Gasteiger partial charge is 0.0540 e. The largest absolute Gasteiger partial charge is 0.310 e. The maximum absolute atomic E-state index is 2.63. The Bertz CT molecular complexity index is 4490. The molecule has 0 aliphatic carbocycles. The molecule has 13 aromatic carbocycles. The number of fused-ring (bicyclic) bond motifs is 6. The second-order valence-corrected chi connectivity index (χ2v) is 36.4. The molecule has 0 saturated carbocycles. The summed E-state index contributed by atoms with van der Waals surface area (Å²) in [6.45, 7) is 56.7. The van der Waals surface area contributed by atoms with Crippen LogP contribution in [0.2, 0.25) is 0 Å². The fourth-order valence-corrected chi connectivity index (χ4v) is 14.9. The number of hydrogen-bond donors (Lipinski definition) is 0.